The van der Waals surface area contributed by atoms with Gasteiger partial charge in [-0.2, -0.15) is 16.8 Å². The molecule has 6 rings (SSSR count). The average Bonchev–Trinajstić information content (AvgIpc) is 3.08. The summed E-state index contributed by atoms with van der Waals surface area (Å²) in [6.45, 7) is 2.73. The highest BCUT2D eigenvalue weighted by Crippen LogP contribution is 2.42. The highest BCUT2D eigenvalue weighted by atomic mass is 32.2. The molecule has 6 aromatic carbocycles. The summed E-state index contributed by atoms with van der Waals surface area (Å²) in [6, 6.07) is 20.5. The number of carbonyl (C=O) groups excluding carboxylic acids is 1. The van der Waals surface area contributed by atoms with Crippen molar-refractivity contribution < 1.29 is 57.8 Å². The quantitative estimate of drug-likeness (QED) is 0.0635. The lowest BCUT2D eigenvalue weighted by atomic mass is 10.1. The van der Waals surface area contributed by atoms with Crippen molar-refractivity contribution in [3.63, 3.8) is 0 Å². The normalized spacial score (nSPS) is 12.4. The van der Waals surface area contributed by atoms with Crippen molar-refractivity contribution in [3.05, 3.63) is 108 Å². The summed E-state index contributed by atoms with van der Waals surface area (Å²) in [5.41, 5.74) is 0.227. The van der Waals surface area contributed by atoms with Crippen molar-refractivity contribution in [2.24, 2.45) is 0 Å². The number of aryl methyl sites for hydroxylation is 2. The van der Waals surface area contributed by atoms with E-state index in [1.165, 1.54) is 38.1 Å². The van der Waals surface area contributed by atoms with Gasteiger partial charge in [0.25, 0.3) is 40.3 Å². The van der Waals surface area contributed by atoms with Crippen molar-refractivity contribution in [2.75, 3.05) is 10.6 Å². The third-order valence-corrected chi connectivity index (χ3v) is 13.2. The fourth-order valence-corrected chi connectivity index (χ4v) is 9.57. The van der Waals surface area contributed by atoms with E-state index in [0.717, 1.165) is 24.3 Å². The van der Waals surface area contributed by atoms with E-state index in [9.17, 15) is 57.8 Å². The second-order valence-corrected chi connectivity index (χ2v) is 18.4. The zero-order valence-corrected chi connectivity index (χ0v) is 32.1. The number of sulfonamides is 2. The van der Waals surface area contributed by atoms with Gasteiger partial charge in [0, 0.05) is 22.1 Å². The third-order valence-electron chi connectivity index (χ3n) is 8.45. The van der Waals surface area contributed by atoms with Crippen LogP contribution >= 0.6 is 0 Å². The maximum atomic E-state index is 13.2. The van der Waals surface area contributed by atoms with Crippen molar-refractivity contribution in [1.29, 1.82) is 0 Å². The van der Waals surface area contributed by atoms with Crippen molar-refractivity contribution >= 4 is 90.6 Å². The van der Waals surface area contributed by atoms with Gasteiger partial charge in [-0.3, -0.25) is 9.11 Å². The number of phenolic OH excluding ortho intramolecular Hbond substituents is 2. The van der Waals surface area contributed by atoms with Gasteiger partial charge in [-0.25, -0.2) is 31.1 Å². The van der Waals surface area contributed by atoms with Gasteiger partial charge < -0.3 is 20.8 Å². The van der Waals surface area contributed by atoms with Gasteiger partial charge in [-0.05, 0) is 84.3 Å². The molecule has 0 unspecified atom stereocenters. The molecule has 6 aromatic rings. The van der Waals surface area contributed by atoms with Crippen LogP contribution in [0.2, 0.25) is 0 Å². The first kappa shape index (κ1) is 39.7. The van der Waals surface area contributed by atoms with E-state index in [1.807, 2.05) is 0 Å². The van der Waals surface area contributed by atoms with Crippen LogP contribution < -0.4 is 20.1 Å². The lowest BCUT2D eigenvalue weighted by molar-refractivity contribution is 0.250. The van der Waals surface area contributed by atoms with Crippen LogP contribution in [0, 0.1) is 13.8 Å². The number of anilines is 4. The molecule has 0 aromatic heterocycles. The van der Waals surface area contributed by atoms with Gasteiger partial charge in [0.1, 0.15) is 9.79 Å². The summed E-state index contributed by atoms with van der Waals surface area (Å²) in [5, 5.41) is 28.6. The van der Waals surface area contributed by atoms with Crippen LogP contribution in [0.15, 0.2) is 117 Å². The molecule has 8 N–H and O–H groups in total. The van der Waals surface area contributed by atoms with E-state index in [0.29, 0.717) is 21.5 Å². The number of phenols is 2. The highest BCUT2D eigenvalue weighted by Gasteiger charge is 2.27. The van der Waals surface area contributed by atoms with E-state index in [-0.39, 0.29) is 33.9 Å². The number of hydrogen-bond acceptors (Lipinski definition) is 13. The molecule has 21 heteroatoms. The molecular formula is C35H30N4O13S4. The highest BCUT2D eigenvalue weighted by molar-refractivity contribution is 7.91. The average molecular weight is 843 g/mol. The lowest BCUT2D eigenvalue weighted by Gasteiger charge is -2.17. The van der Waals surface area contributed by atoms with E-state index >= 15 is 0 Å². The molecule has 0 spiro atoms. The molecule has 0 aliphatic rings. The number of urea groups is 1. The lowest BCUT2D eigenvalue weighted by Crippen LogP contribution is -2.42. The number of nitrogens with one attached hydrogen (secondary N) is 4. The van der Waals surface area contributed by atoms with Crippen LogP contribution in [-0.2, 0) is 40.3 Å². The van der Waals surface area contributed by atoms with Crippen LogP contribution in [0.1, 0.15) is 11.1 Å². The van der Waals surface area contributed by atoms with Crippen LogP contribution in [0.25, 0.3) is 21.5 Å². The minimum absolute atomic E-state index is 0.0489. The predicted molar refractivity (Wildman–Crippen MR) is 206 cm³/mol. The SMILES string of the molecule is Cc1cc(Nc2c(O)c(S(=O)(=O)O)cc3ccccc23)ccc1S(=O)(=O)NC(=O)NS(=O)(=O)c1ccc(Nc2c(O)c(S(=O)(=O)O)cc3ccccc23)cc1C. The van der Waals surface area contributed by atoms with E-state index in [2.05, 4.69) is 10.6 Å². The second kappa shape index (κ2) is 14.3. The van der Waals surface area contributed by atoms with Gasteiger partial charge in [-0.1, -0.05) is 48.5 Å². The first-order chi connectivity index (χ1) is 26.1. The number of rotatable bonds is 10. The first-order valence-corrected chi connectivity index (χ1v) is 21.7. The summed E-state index contributed by atoms with van der Waals surface area (Å²) in [4.78, 5) is 10.4. The molecule has 0 aliphatic carbocycles. The molecule has 0 radical (unpaired) electrons. The molecule has 0 saturated heterocycles. The largest absolute Gasteiger partial charge is 0.504 e. The molecule has 0 saturated carbocycles. The van der Waals surface area contributed by atoms with Gasteiger partial charge in [0.2, 0.25) is 0 Å². The van der Waals surface area contributed by atoms with Crippen molar-refractivity contribution in [2.45, 2.75) is 33.4 Å². The monoisotopic (exact) mass is 842 g/mol. The summed E-state index contributed by atoms with van der Waals surface area (Å²) in [5.74, 6) is -1.58. The smallest absolute Gasteiger partial charge is 0.342 e. The summed E-state index contributed by atoms with van der Waals surface area (Å²) < 4.78 is 123. The maximum absolute atomic E-state index is 13.2. The molecule has 292 valence electrons. The second-order valence-electron chi connectivity index (χ2n) is 12.3. The molecule has 0 heterocycles. The Morgan fingerprint density at radius 3 is 1.20 bits per heavy atom. The fourth-order valence-electron chi connectivity index (χ4n) is 5.99. The maximum Gasteiger partial charge on any atom is 0.342 e. The zero-order valence-electron chi connectivity index (χ0n) is 28.8. The number of fused-ring (bicyclic) bond motifs is 2. The van der Waals surface area contributed by atoms with Crippen molar-refractivity contribution in [3.8, 4) is 11.5 Å². The number of aromatic hydroxyl groups is 2. The molecule has 56 heavy (non-hydrogen) atoms. The Labute approximate surface area is 320 Å². The Morgan fingerprint density at radius 2 is 0.857 bits per heavy atom. The Hall–Kier alpha value is -5.97. The van der Waals surface area contributed by atoms with Gasteiger partial charge >= 0.3 is 6.03 Å². The van der Waals surface area contributed by atoms with Crippen LogP contribution in [0.5, 0.6) is 11.5 Å². The fraction of sp³-hybridized carbons (Fsp3) is 0.0571. The molecule has 17 nitrogen and oxygen atoms in total. The van der Waals surface area contributed by atoms with E-state index < -0.39 is 77.4 Å². The molecule has 0 atom stereocenters. The number of benzene rings is 6. The van der Waals surface area contributed by atoms with Gasteiger partial charge in [0.05, 0.1) is 21.2 Å². The third kappa shape index (κ3) is 7.89. The van der Waals surface area contributed by atoms with E-state index in [1.54, 1.807) is 58.0 Å². The van der Waals surface area contributed by atoms with Crippen LogP contribution in [0.3, 0.4) is 0 Å². The van der Waals surface area contributed by atoms with Crippen LogP contribution in [0.4, 0.5) is 27.5 Å². The summed E-state index contributed by atoms with van der Waals surface area (Å²) >= 11 is 0. The zero-order chi connectivity index (χ0) is 41.0. The number of hydrogen-bond donors (Lipinski definition) is 8. The Kier molecular flexibility index (Phi) is 10.1. The topological polar surface area (TPSA) is 283 Å². The standard InChI is InChI=1S/C35H30N4O13S4/c1-19-15-23(36-31-25-9-5-3-7-21(25)17-29(33(31)40)55(47,48)49)11-13-27(19)53(43,44)38-35(42)39-54(45,46)28-14-12-24(16-20(28)2)37-32-26-10-6-4-8-22(26)18-30(34(32)41)56(50,51)52/h3-18,36-37,40-41H,1-2H3,(H2,38,39,42)(H,47,48,49)(H,50,51,52). The minimum atomic E-state index is -4.84. The minimum Gasteiger partial charge on any atom is -0.504 e. The van der Waals surface area contributed by atoms with Crippen LogP contribution in [-0.4, -0.2) is 59.0 Å². The molecule has 0 fully saturated rings. The Morgan fingerprint density at radius 1 is 0.500 bits per heavy atom. The number of carbonyl (C=O) groups is 1. The first-order valence-electron chi connectivity index (χ1n) is 15.9. The van der Waals surface area contributed by atoms with Gasteiger partial charge in [-0.15, -0.1) is 0 Å². The predicted octanol–water partition coefficient (Wildman–Crippen LogP) is 5.38. The van der Waals surface area contributed by atoms with Gasteiger partial charge in [0.15, 0.2) is 11.5 Å². The molecule has 2 amide bonds. The Balaban J connectivity index is 1.20. The molecule has 0 bridgehead atoms. The molecular weight excluding hydrogens is 813 g/mol. The summed E-state index contributed by atoms with van der Waals surface area (Å²) in [6.07, 6.45) is 0. The molecule has 0 aliphatic heterocycles. The van der Waals surface area contributed by atoms with E-state index in [4.69, 9.17) is 0 Å². The Bertz CT molecular complexity index is 2880. The number of amides is 2. The summed E-state index contributed by atoms with van der Waals surface area (Å²) in [7, 11) is -19.1. The van der Waals surface area contributed by atoms with Crippen molar-refractivity contribution in [1.82, 2.24) is 9.44 Å².